The molecule has 0 spiro atoms. The average Bonchev–Trinajstić information content (AvgIpc) is 2.20. The van der Waals surface area contributed by atoms with E-state index < -0.39 is 0 Å². The average molecular weight is 233 g/mol. The van der Waals surface area contributed by atoms with Crippen LogP contribution in [0.5, 0.6) is 0 Å². The third kappa shape index (κ3) is 2.46. The molecule has 0 amide bonds. The molecule has 2 aromatic carbocycles. The number of hydrogen-bond acceptors (Lipinski definition) is 0. The largest absolute Gasteiger partial charge is 0.199 e. The van der Waals surface area contributed by atoms with E-state index in [1.165, 1.54) is 11.1 Å². The smallest absolute Gasteiger partial charge is 0 e. The molecule has 0 aliphatic rings. The Hall–Kier alpha value is -1.07. The van der Waals surface area contributed by atoms with Crippen molar-refractivity contribution in [3.63, 3.8) is 0 Å². The summed E-state index contributed by atoms with van der Waals surface area (Å²) in [7, 11) is 0. The van der Waals surface area contributed by atoms with Gasteiger partial charge in [-0.25, -0.2) is 0 Å². The first-order valence-corrected chi connectivity index (χ1v) is 4.34. The van der Waals surface area contributed by atoms with Crippen molar-refractivity contribution in [1.29, 1.82) is 0 Å². The second kappa shape index (κ2) is 4.97. The van der Waals surface area contributed by atoms with E-state index in [9.17, 15) is 0 Å². The number of rotatable bonds is 1. The molecule has 0 aliphatic heterocycles. The molecule has 0 aliphatic carbocycles. The van der Waals surface area contributed by atoms with Crippen molar-refractivity contribution in [2.24, 2.45) is 0 Å². The SMILES string of the molecule is [CH2-]c1ccc(-c2ccccc2)cc1.[Zn]. The molecule has 0 aromatic heterocycles. The molecule has 66 valence electrons. The second-order valence-corrected chi connectivity index (χ2v) is 3.06. The summed E-state index contributed by atoms with van der Waals surface area (Å²) in [5, 5.41) is 0. The van der Waals surface area contributed by atoms with Crippen molar-refractivity contribution < 1.29 is 19.5 Å². The zero-order chi connectivity index (χ0) is 9.10. The Bertz CT molecular complexity index is 376. The minimum Gasteiger partial charge on any atom is -0.199 e. The molecule has 2 aromatic rings. The molecule has 2 rings (SSSR count). The summed E-state index contributed by atoms with van der Waals surface area (Å²) in [6, 6.07) is 18.6. The molecule has 0 saturated carbocycles. The van der Waals surface area contributed by atoms with Crippen LogP contribution in [0.1, 0.15) is 5.56 Å². The summed E-state index contributed by atoms with van der Waals surface area (Å²) < 4.78 is 0. The molecule has 14 heavy (non-hydrogen) atoms. The van der Waals surface area contributed by atoms with Gasteiger partial charge in [0.05, 0.1) is 0 Å². The van der Waals surface area contributed by atoms with Crippen LogP contribution in [0, 0.1) is 6.92 Å². The van der Waals surface area contributed by atoms with Crippen molar-refractivity contribution in [3.8, 4) is 11.1 Å². The van der Waals surface area contributed by atoms with Crippen LogP contribution in [0.25, 0.3) is 11.1 Å². The van der Waals surface area contributed by atoms with E-state index in [4.69, 9.17) is 0 Å². The Balaban J connectivity index is 0.000000980. The van der Waals surface area contributed by atoms with Gasteiger partial charge in [-0.2, -0.15) is 24.6 Å². The maximum absolute atomic E-state index is 3.86. The van der Waals surface area contributed by atoms with Crippen LogP contribution >= 0.6 is 0 Å². The molecular weight excluding hydrogens is 222 g/mol. The predicted molar refractivity (Wildman–Crippen MR) is 56.3 cm³/mol. The van der Waals surface area contributed by atoms with Gasteiger partial charge < -0.3 is 0 Å². The van der Waals surface area contributed by atoms with Crippen molar-refractivity contribution in [2.75, 3.05) is 0 Å². The van der Waals surface area contributed by atoms with E-state index in [0.29, 0.717) is 0 Å². The van der Waals surface area contributed by atoms with Crippen LogP contribution in [-0.4, -0.2) is 0 Å². The standard InChI is InChI=1S/C13H11.Zn/c1-11-7-9-13(10-8-11)12-5-3-2-4-6-12;/h2-10H,1H2;/q-1;. The van der Waals surface area contributed by atoms with Gasteiger partial charge in [-0.15, -0.1) is 12.1 Å². The summed E-state index contributed by atoms with van der Waals surface area (Å²) >= 11 is 0. The summed E-state index contributed by atoms with van der Waals surface area (Å²) in [5.74, 6) is 0. The van der Waals surface area contributed by atoms with Crippen molar-refractivity contribution >= 4 is 0 Å². The quantitative estimate of drug-likeness (QED) is 0.521. The van der Waals surface area contributed by atoms with E-state index >= 15 is 0 Å². The maximum atomic E-state index is 3.86. The summed E-state index contributed by atoms with van der Waals surface area (Å²) in [6.45, 7) is 3.86. The van der Waals surface area contributed by atoms with Gasteiger partial charge in [0.25, 0.3) is 0 Å². The number of benzene rings is 2. The predicted octanol–water partition coefficient (Wildman–Crippen LogP) is 3.53. The monoisotopic (exact) mass is 231 g/mol. The van der Waals surface area contributed by atoms with Crippen LogP contribution in [0.15, 0.2) is 54.6 Å². The zero-order valence-corrected chi connectivity index (χ0v) is 11.1. The zero-order valence-electron chi connectivity index (χ0n) is 8.11. The summed E-state index contributed by atoms with van der Waals surface area (Å²) in [5.41, 5.74) is 3.55. The third-order valence-electron chi connectivity index (χ3n) is 2.06. The fraction of sp³-hybridized carbons (Fsp3) is 0. The summed E-state index contributed by atoms with van der Waals surface area (Å²) in [6.07, 6.45) is 0. The first-order valence-electron chi connectivity index (χ1n) is 4.34. The van der Waals surface area contributed by atoms with Crippen LogP contribution in [0.4, 0.5) is 0 Å². The Morgan fingerprint density at radius 3 is 1.71 bits per heavy atom. The molecular formula is C13H11Zn-. The van der Waals surface area contributed by atoms with E-state index in [1.807, 2.05) is 30.3 Å². The van der Waals surface area contributed by atoms with Crippen molar-refractivity contribution in [1.82, 2.24) is 0 Å². The van der Waals surface area contributed by atoms with Gasteiger partial charge in [0.2, 0.25) is 0 Å². The molecule has 1 heteroatoms. The Morgan fingerprint density at radius 1 is 0.643 bits per heavy atom. The molecule has 0 radical (unpaired) electrons. The topological polar surface area (TPSA) is 0 Å². The number of hydrogen-bond donors (Lipinski definition) is 0. The molecule has 0 unspecified atom stereocenters. The van der Waals surface area contributed by atoms with E-state index in [1.54, 1.807) is 0 Å². The molecule has 0 bridgehead atoms. The van der Waals surface area contributed by atoms with Crippen molar-refractivity contribution in [3.05, 3.63) is 67.1 Å². The van der Waals surface area contributed by atoms with Gasteiger partial charge in [0, 0.05) is 19.5 Å². The molecule has 0 heterocycles. The Kier molecular flexibility index (Phi) is 3.91. The van der Waals surface area contributed by atoms with Gasteiger partial charge in [-0.3, -0.25) is 0 Å². The third-order valence-corrected chi connectivity index (χ3v) is 2.06. The van der Waals surface area contributed by atoms with Gasteiger partial charge in [-0.1, -0.05) is 30.3 Å². The van der Waals surface area contributed by atoms with Gasteiger partial charge >= 0.3 is 0 Å². The van der Waals surface area contributed by atoms with Crippen LogP contribution < -0.4 is 0 Å². The molecule has 0 fully saturated rings. The van der Waals surface area contributed by atoms with Gasteiger partial charge in [0.15, 0.2) is 0 Å². The molecule has 0 N–H and O–H groups in total. The maximum Gasteiger partial charge on any atom is 0 e. The minimum absolute atomic E-state index is 0. The van der Waals surface area contributed by atoms with Gasteiger partial charge in [0.1, 0.15) is 0 Å². The summed E-state index contributed by atoms with van der Waals surface area (Å²) in [4.78, 5) is 0. The van der Waals surface area contributed by atoms with Crippen LogP contribution in [0.3, 0.4) is 0 Å². The fourth-order valence-electron chi connectivity index (χ4n) is 1.33. The molecule has 0 saturated heterocycles. The minimum atomic E-state index is 0. The van der Waals surface area contributed by atoms with E-state index in [0.717, 1.165) is 5.56 Å². The molecule has 0 atom stereocenters. The first kappa shape index (κ1) is 11.0. The second-order valence-electron chi connectivity index (χ2n) is 3.06. The Morgan fingerprint density at radius 2 is 1.14 bits per heavy atom. The van der Waals surface area contributed by atoms with Crippen molar-refractivity contribution in [2.45, 2.75) is 0 Å². The van der Waals surface area contributed by atoms with E-state index in [2.05, 4.69) is 31.2 Å². The normalized spacial score (nSPS) is 9.14. The van der Waals surface area contributed by atoms with Crippen LogP contribution in [0.2, 0.25) is 0 Å². The molecule has 0 nitrogen and oxygen atoms in total. The fourth-order valence-corrected chi connectivity index (χ4v) is 1.33. The van der Waals surface area contributed by atoms with Crippen LogP contribution in [-0.2, 0) is 19.5 Å². The first-order chi connectivity index (χ1) is 6.36. The Labute approximate surface area is 97.7 Å². The van der Waals surface area contributed by atoms with Gasteiger partial charge in [-0.05, 0) is 11.1 Å². The van der Waals surface area contributed by atoms with E-state index in [-0.39, 0.29) is 19.5 Å².